The van der Waals surface area contributed by atoms with E-state index in [-0.39, 0.29) is 25.5 Å². The van der Waals surface area contributed by atoms with E-state index in [2.05, 4.69) is 129 Å². The van der Waals surface area contributed by atoms with Crippen molar-refractivity contribution in [2.24, 2.45) is 0 Å². The van der Waals surface area contributed by atoms with Gasteiger partial charge in [0.05, 0.1) is 8.07 Å². The van der Waals surface area contributed by atoms with Crippen LogP contribution < -0.4 is 9.58 Å². The minimum atomic E-state index is -1.77. The molecule has 4 aromatic carbocycles. The van der Waals surface area contributed by atoms with Crippen LogP contribution in [0.15, 0.2) is 109 Å². The molecule has 52 heavy (non-hydrogen) atoms. The molecule has 0 amide bonds. The topological polar surface area (TPSA) is 25.8 Å². The Bertz CT molecular complexity index is 2390. The van der Waals surface area contributed by atoms with Crippen LogP contribution >= 0.6 is 11.3 Å². The fourth-order valence-corrected chi connectivity index (χ4v) is 13.0. The third-order valence-corrected chi connectivity index (χ3v) is 16.9. The first-order valence-corrected chi connectivity index (χ1v) is 29.4. The van der Waals surface area contributed by atoms with Crippen molar-refractivity contribution in [2.75, 3.05) is 0 Å². The number of hydrogen-bond acceptors (Lipinski definition) is 3. The Morgan fingerprint density at radius 2 is 1.56 bits per heavy atom. The summed E-state index contributed by atoms with van der Waals surface area (Å²) >= 11 is 0.0116. The molecule has 0 unspecified atom stereocenters. The second-order valence-electron chi connectivity index (χ2n) is 16.4. The van der Waals surface area contributed by atoms with Gasteiger partial charge in [0.15, 0.2) is 0 Å². The summed E-state index contributed by atoms with van der Waals surface area (Å²) in [5.74, 6) is 7.20. The summed E-state index contributed by atoms with van der Waals surface area (Å²) in [4.78, 5) is 9.26. The molecule has 0 fully saturated rings. The summed E-state index contributed by atoms with van der Waals surface area (Å²) in [6, 6.07) is 39.2. The quantitative estimate of drug-likeness (QED) is 0.123. The molecule has 0 aliphatic carbocycles. The van der Waals surface area contributed by atoms with Gasteiger partial charge in [0, 0.05) is 33.7 Å². The molecule has 7 rings (SSSR count). The van der Waals surface area contributed by atoms with Gasteiger partial charge in [0.1, 0.15) is 0 Å². The molecule has 3 aromatic heterocycles. The van der Waals surface area contributed by atoms with Crippen molar-refractivity contribution >= 4 is 62.4 Å². The van der Waals surface area contributed by atoms with Gasteiger partial charge in [-0.25, -0.2) is 0 Å². The first-order chi connectivity index (χ1) is 24.9. The molecule has 6 heteroatoms. The van der Waals surface area contributed by atoms with E-state index < -0.39 is 27.7 Å². The average Bonchev–Trinajstić information content (AvgIpc) is 3.50. The number of thiophene rings is 1. The van der Waals surface area contributed by atoms with Crippen LogP contribution in [-0.4, -0.2) is 31.3 Å². The van der Waals surface area contributed by atoms with E-state index in [1.807, 2.05) is 54.6 Å². The van der Waals surface area contributed by atoms with Gasteiger partial charge in [-0.05, 0) is 56.4 Å². The number of aryl methyl sites for hydroxylation is 1. The first kappa shape index (κ1) is 37.1. The predicted molar refractivity (Wildman–Crippen MR) is 229 cm³/mol. The Morgan fingerprint density at radius 1 is 0.808 bits per heavy atom. The summed E-state index contributed by atoms with van der Waals surface area (Å²) in [5.41, 5.74) is 7.65. The van der Waals surface area contributed by atoms with Gasteiger partial charge in [-0.2, -0.15) is 11.3 Å². The van der Waals surface area contributed by atoms with Crippen LogP contribution in [0, 0.1) is 19.1 Å². The third kappa shape index (κ3) is 9.12. The van der Waals surface area contributed by atoms with E-state index >= 15 is 0 Å². The second-order valence-corrected chi connectivity index (χ2v) is 33.1. The summed E-state index contributed by atoms with van der Waals surface area (Å²) in [6.45, 7) is 15.9. The van der Waals surface area contributed by atoms with E-state index in [0.717, 1.165) is 27.2 Å². The van der Waals surface area contributed by atoms with Crippen molar-refractivity contribution in [3.05, 3.63) is 144 Å². The normalized spacial score (nSPS) is 12.8. The maximum Gasteiger partial charge on any atom is 0.0783 e. The van der Waals surface area contributed by atoms with E-state index in [1.165, 1.54) is 36.2 Å². The van der Waals surface area contributed by atoms with Crippen molar-refractivity contribution in [3.63, 3.8) is 0 Å². The molecular weight excluding hydrogens is 906 g/mol. The minimum absolute atomic E-state index is 0. The number of fused-ring (bicyclic) bond motifs is 3. The zero-order valence-electron chi connectivity index (χ0n) is 34.0. The Hall–Kier alpha value is -3.19. The molecule has 0 atom stereocenters. The largest absolute Gasteiger partial charge is 0.305 e. The summed E-state index contributed by atoms with van der Waals surface area (Å²) in [5, 5.41) is 4.08. The Morgan fingerprint density at radius 3 is 2.19 bits per heavy atom. The van der Waals surface area contributed by atoms with Gasteiger partial charge in [0.2, 0.25) is 0 Å². The van der Waals surface area contributed by atoms with Gasteiger partial charge in [-0.3, -0.25) is 0 Å². The van der Waals surface area contributed by atoms with Crippen LogP contribution in [0.1, 0.15) is 45.8 Å². The van der Waals surface area contributed by atoms with Gasteiger partial charge in [-0.15, -0.1) is 23.8 Å². The molecule has 269 valence electrons. The van der Waals surface area contributed by atoms with Crippen molar-refractivity contribution in [3.8, 4) is 22.5 Å². The maximum atomic E-state index is 8.98. The zero-order valence-corrected chi connectivity index (χ0v) is 38.3. The molecule has 0 aliphatic rings. The van der Waals surface area contributed by atoms with Crippen LogP contribution in [0.3, 0.4) is 0 Å². The monoisotopic (exact) mass is 959 g/mol. The van der Waals surface area contributed by atoms with E-state index in [0.29, 0.717) is 11.1 Å². The standard InChI is InChI=1S/C31H32NSSi.C15H18GeN.Ir/c1-31(2,3)23-15-13-21(14-16-23)19-22-17-18-32-26(20-22)24-9-7-10-25-29-27(33-30(24)25)11-8-12-28(29)34(4,5)6;1-12-10-15(13-8-6-5-7-9-13)17-11-14(12)16(2,3)4;/h7-8,10-18,20H,19H2,1-6H3;5-8,10-11H,1-4H3;/q2*-1;/i19D2;;. The fourth-order valence-electron chi connectivity index (χ4n) is 6.51. The molecule has 0 N–H and O–H groups in total. The molecular formula is C46H50GeIrN2SSi-2. The van der Waals surface area contributed by atoms with Crippen molar-refractivity contribution in [1.82, 2.24) is 9.97 Å². The van der Waals surface area contributed by atoms with Gasteiger partial charge in [0.25, 0.3) is 0 Å². The van der Waals surface area contributed by atoms with Gasteiger partial charge < -0.3 is 4.98 Å². The molecule has 3 heterocycles. The Kier molecular flexibility index (Phi) is 11.5. The van der Waals surface area contributed by atoms with E-state index in [1.54, 1.807) is 23.6 Å². The fraction of sp³-hybridized carbons (Fsp3) is 0.261. The van der Waals surface area contributed by atoms with E-state index in [4.69, 9.17) is 2.74 Å². The zero-order chi connectivity index (χ0) is 38.3. The van der Waals surface area contributed by atoms with Crippen LogP contribution in [0.4, 0.5) is 0 Å². The van der Waals surface area contributed by atoms with Crippen LogP contribution in [0.2, 0.25) is 36.9 Å². The Balaban J connectivity index is 0.000000262. The predicted octanol–water partition coefficient (Wildman–Crippen LogP) is 11.8. The number of nitrogens with zero attached hydrogens (tertiary/aromatic N) is 2. The average molecular weight is 958 g/mol. The molecule has 1 radical (unpaired) electrons. The van der Waals surface area contributed by atoms with Crippen molar-refractivity contribution in [2.45, 2.75) is 76.4 Å². The van der Waals surface area contributed by atoms with Crippen LogP contribution in [-0.2, 0) is 31.9 Å². The van der Waals surface area contributed by atoms with Crippen LogP contribution in [0.25, 0.3) is 42.7 Å². The van der Waals surface area contributed by atoms with E-state index in [9.17, 15) is 0 Å². The number of hydrogen-bond donors (Lipinski definition) is 0. The molecule has 2 nitrogen and oxygen atoms in total. The van der Waals surface area contributed by atoms with Gasteiger partial charge in [-0.1, -0.05) is 93.4 Å². The molecule has 0 saturated heterocycles. The van der Waals surface area contributed by atoms with Gasteiger partial charge >= 0.3 is 106 Å². The number of pyridine rings is 2. The smallest absolute Gasteiger partial charge is 0.0783 e. The van der Waals surface area contributed by atoms with Crippen molar-refractivity contribution < 1.29 is 22.8 Å². The maximum absolute atomic E-state index is 8.98. The number of benzene rings is 4. The number of rotatable bonds is 6. The number of aromatic nitrogens is 2. The minimum Gasteiger partial charge on any atom is -0.305 e. The summed E-state index contributed by atoms with van der Waals surface area (Å²) < 4.78 is 21.9. The van der Waals surface area contributed by atoms with Crippen molar-refractivity contribution in [1.29, 1.82) is 0 Å². The second kappa shape index (κ2) is 16.0. The molecule has 7 aromatic rings. The molecule has 0 bridgehead atoms. The SMILES string of the molecule is Cc1cc(-c2[c-]cccc2)nc[c]1[Ge]([CH3])([CH3])[CH3].[2H]C([2H])(c1ccc(C(C)(C)C)cc1)c1ccnc(-c2[c-]ccc3c2sc2cccc([Si](C)(C)C)c23)c1.[Ir]. The molecule has 0 aliphatic heterocycles. The summed E-state index contributed by atoms with van der Waals surface area (Å²) in [7, 11) is -1.53. The molecule has 0 spiro atoms. The third-order valence-electron chi connectivity index (χ3n) is 9.22. The molecule has 0 saturated carbocycles. The van der Waals surface area contributed by atoms with Crippen LogP contribution in [0.5, 0.6) is 0 Å². The Labute approximate surface area is 335 Å². The first-order valence-electron chi connectivity index (χ1n) is 18.7. The summed E-state index contributed by atoms with van der Waals surface area (Å²) in [6.07, 6.45) is 2.16.